The molecule has 26 heavy (non-hydrogen) atoms. The Balaban J connectivity index is 1.62. The van der Waals surface area contributed by atoms with Crippen molar-refractivity contribution in [1.29, 1.82) is 0 Å². The van der Waals surface area contributed by atoms with E-state index < -0.39 is 21.9 Å². The first-order valence-electron chi connectivity index (χ1n) is 8.21. The molecule has 144 valence electrons. The molecule has 1 aliphatic heterocycles. The highest BCUT2D eigenvalue weighted by molar-refractivity contribution is 8.77. The zero-order valence-electron chi connectivity index (χ0n) is 14.2. The molecule has 2 rings (SSSR count). The van der Waals surface area contributed by atoms with Gasteiger partial charge in [-0.3, -0.25) is 9.59 Å². The van der Waals surface area contributed by atoms with Gasteiger partial charge in [0.15, 0.2) is 6.61 Å². The van der Waals surface area contributed by atoms with Gasteiger partial charge in [0, 0.05) is 23.1 Å². The highest BCUT2D eigenvalue weighted by Gasteiger charge is 2.16. The number of unbranched alkanes of at least 4 members (excludes halogenated alkanes) is 1. The van der Waals surface area contributed by atoms with E-state index in [9.17, 15) is 18.0 Å². The van der Waals surface area contributed by atoms with Gasteiger partial charge in [-0.05, 0) is 43.5 Å². The summed E-state index contributed by atoms with van der Waals surface area (Å²) in [4.78, 5) is 23.4. The maximum absolute atomic E-state index is 11.8. The van der Waals surface area contributed by atoms with Crippen LogP contribution in [0, 0.1) is 0 Å². The van der Waals surface area contributed by atoms with Crippen molar-refractivity contribution in [1.82, 2.24) is 0 Å². The molecular weight excluding hydrogens is 396 g/mol. The van der Waals surface area contributed by atoms with Crippen LogP contribution in [0.3, 0.4) is 0 Å². The Hall–Kier alpha value is -1.23. The van der Waals surface area contributed by atoms with E-state index in [0.29, 0.717) is 17.4 Å². The number of carbonyl (C=O) groups is 2. The fraction of sp³-hybridized carbons (Fsp3) is 0.500. The summed E-state index contributed by atoms with van der Waals surface area (Å²) in [5, 5.41) is 8.22. The van der Waals surface area contributed by atoms with Crippen molar-refractivity contribution in [2.45, 2.75) is 42.2 Å². The molecule has 0 radical (unpaired) electrons. The smallest absolute Gasteiger partial charge is 0.306 e. The summed E-state index contributed by atoms with van der Waals surface area (Å²) in [7, 11) is 0.0598. The Morgan fingerprint density at radius 3 is 2.58 bits per heavy atom. The van der Waals surface area contributed by atoms with Crippen LogP contribution in [0.1, 0.15) is 32.1 Å². The number of amides is 1. The van der Waals surface area contributed by atoms with Gasteiger partial charge >= 0.3 is 5.97 Å². The molecule has 7 nitrogen and oxygen atoms in total. The van der Waals surface area contributed by atoms with Crippen molar-refractivity contribution in [3.05, 3.63) is 24.3 Å². The number of ether oxygens (including phenoxy) is 1. The molecule has 0 aliphatic carbocycles. The van der Waals surface area contributed by atoms with Gasteiger partial charge in [-0.1, -0.05) is 28.0 Å². The third kappa shape index (κ3) is 7.56. The zero-order valence-corrected chi connectivity index (χ0v) is 16.6. The second kappa shape index (κ2) is 10.2. The van der Waals surface area contributed by atoms with Crippen LogP contribution in [-0.2, 0) is 24.3 Å². The summed E-state index contributed by atoms with van der Waals surface area (Å²) in [6, 6.07) is 5.41. The molecular formula is C16H22N2O5S3. The van der Waals surface area contributed by atoms with E-state index >= 15 is 0 Å². The van der Waals surface area contributed by atoms with E-state index in [1.54, 1.807) is 0 Å². The number of hydrogen-bond acceptors (Lipinski definition) is 7. The Labute approximate surface area is 161 Å². The van der Waals surface area contributed by atoms with Gasteiger partial charge in [-0.25, -0.2) is 13.6 Å². The molecule has 1 aromatic rings. The molecule has 10 heteroatoms. The van der Waals surface area contributed by atoms with E-state index in [1.165, 1.54) is 36.4 Å². The summed E-state index contributed by atoms with van der Waals surface area (Å²) in [5.74, 6) is 0.330. The predicted molar refractivity (Wildman–Crippen MR) is 104 cm³/mol. The SMILES string of the molecule is NS(=O)(=O)c1ccc(NC(=O)COC(=O)CCCC[C@@H]2CCSS2)cc1. The number of anilines is 1. The molecule has 3 N–H and O–H groups in total. The molecule has 1 atom stereocenters. The highest BCUT2D eigenvalue weighted by atomic mass is 33.1. The number of primary sulfonamides is 1. The van der Waals surface area contributed by atoms with E-state index in [2.05, 4.69) is 5.32 Å². The first-order chi connectivity index (χ1) is 12.3. The van der Waals surface area contributed by atoms with E-state index in [0.717, 1.165) is 19.3 Å². The maximum Gasteiger partial charge on any atom is 0.306 e. The number of sulfonamides is 1. The molecule has 1 saturated heterocycles. The summed E-state index contributed by atoms with van der Waals surface area (Å²) >= 11 is 0. The van der Waals surface area contributed by atoms with Crippen LogP contribution in [0.4, 0.5) is 5.69 Å². The quantitative estimate of drug-likeness (QED) is 0.360. The number of hydrogen-bond donors (Lipinski definition) is 2. The maximum atomic E-state index is 11.8. The summed E-state index contributed by atoms with van der Waals surface area (Å²) in [5.41, 5.74) is 0.394. The number of nitrogens with one attached hydrogen (secondary N) is 1. The lowest BCUT2D eigenvalue weighted by Gasteiger charge is -2.08. The minimum absolute atomic E-state index is 0.0449. The Bertz CT molecular complexity index is 716. The predicted octanol–water partition coefficient (Wildman–Crippen LogP) is 2.53. The number of carbonyl (C=O) groups excluding carboxylic acids is 2. The molecule has 1 heterocycles. The number of benzene rings is 1. The van der Waals surface area contributed by atoms with Crippen molar-refractivity contribution in [3.8, 4) is 0 Å². The normalized spacial score (nSPS) is 17.0. The molecule has 0 bridgehead atoms. The lowest BCUT2D eigenvalue weighted by molar-refractivity contribution is -0.147. The molecule has 0 spiro atoms. The number of nitrogens with two attached hydrogens (primary N) is 1. The van der Waals surface area contributed by atoms with Crippen LogP contribution in [0.25, 0.3) is 0 Å². The van der Waals surface area contributed by atoms with Gasteiger partial charge in [0.05, 0.1) is 4.90 Å². The Morgan fingerprint density at radius 2 is 1.96 bits per heavy atom. The Morgan fingerprint density at radius 1 is 1.23 bits per heavy atom. The number of rotatable bonds is 9. The molecule has 1 aliphatic rings. The van der Waals surface area contributed by atoms with Gasteiger partial charge in [0.1, 0.15) is 0 Å². The number of esters is 1. The average Bonchev–Trinajstić information content (AvgIpc) is 3.10. The van der Waals surface area contributed by atoms with Crippen molar-refractivity contribution >= 4 is 49.2 Å². The average molecular weight is 419 g/mol. The molecule has 1 aromatic carbocycles. The molecule has 0 unspecified atom stereocenters. The summed E-state index contributed by atoms with van der Waals surface area (Å²) in [6.45, 7) is -0.370. The first-order valence-corrected chi connectivity index (χ1v) is 12.1. The van der Waals surface area contributed by atoms with E-state index in [1.807, 2.05) is 21.6 Å². The van der Waals surface area contributed by atoms with Crippen molar-refractivity contribution < 1.29 is 22.7 Å². The van der Waals surface area contributed by atoms with Crippen molar-refractivity contribution in [2.75, 3.05) is 17.7 Å². The largest absolute Gasteiger partial charge is 0.456 e. The highest BCUT2D eigenvalue weighted by Crippen LogP contribution is 2.39. The van der Waals surface area contributed by atoms with Crippen molar-refractivity contribution in [3.63, 3.8) is 0 Å². The molecule has 0 saturated carbocycles. The summed E-state index contributed by atoms with van der Waals surface area (Å²) in [6.07, 6.45) is 4.39. The third-order valence-corrected chi connectivity index (χ3v) is 7.65. The van der Waals surface area contributed by atoms with Crippen LogP contribution >= 0.6 is 21.6 Å². The fourth-order valence-corrected chi connectivity index (χ4v) is 5.89. The van der Waals surface area contributed by atoms with Gasteiger partial charge < -0.3 is 10.1 Å². The van der Waals surface area contributed by atoms with Gasteiger partial charge in [-0.2, -0.15) is 0 Å². The minimum Gasteiger partial charge on any atom is -0.456 e. The van der Waals surface area contributed by atoms with Crippen LogP contribution in [-0.4, -0.2) is 37.9 Å². The lowest BCUT2D eigenvalue weighted by Crippen LogP contribution is -2.21. The van der Waals surface area contributed by atoms with E-state index in [-0.39, 0.29) is 11.5 Å². The summed E-state index contributed by atoms with van der Waals surface area (Å²) < 4.78 is 27.3. The van der Waals surface area contributed by atoms with Gasteiger partial charge in [0.25, 0.3) is 5.91 Å². The third-order valence-electron chi connectivity index (χ3n) is 3.72. The monoisotopic (exact) mass is 418 g/mol. The molecule has 0 aromatic heterocycles. The molecule has 1 fully saturated rings. The lowest BCUT2D eigenvalue weighted by atomic mass is 10.1. The van der Waals surface area contributed by atoms with Crippen LogP contribution in [0.5, 0.6) is 0 Å². The fourth-order valence-electron chi connectivity index (χ4n) is 2.35. The second-order valence-electron chi connectivity index (χ2n) is 5.85. The van der Waals surface area contributed by atoms with Crippen LogP contribution in [0.15, 0.2) is 29.2 Å². The molecule has 1 amide bonds. The zero-order chi connectivity index (χ0) is 19.0. The standard InChI is InChI=1S/C16H22N2O5S3/c17-26(21,22)14-7-5-12(6-8-14)18-15(19)11-23-16(20)4-2-1-3-13-9-10-24-25-13/h5-8,13H,1-4,9-11H2,(H,18,19)(H2,17,21,22)/t13-/m1/s1. The second-order valence-corrected chi connectivity index (χ2v) is 10.2. The minimum atomic E-state index is -3.77. The van der Waals surface area contributed by atoms with Crippen LogP contribution in [0.2, 0.25) is 0 Å². The van der Waals surface area contributed by atoms with Crippen molar-refractivity contribution in [2.24, 2.45) is 5.14 Å². The van der Waals surface area contributed by atoms with Gasteiger partial charge in [-0.15, -0.1) is 0 Å². The Kier molecular flexibility index (Phi) is 8.26. The van der Waals surface area contributed by atoms with Crippen LogP contribution < -0.4 is 10.5 Å². The van der Waals surface area contributed by atoms with Gasteiger partial charge in [0.2, 0.25) is 10.0 Å². The first kappa shape index (κ1) is 21.1. The van der Waals surface area contributed by atoms with E-state index in [4.69, 9.17) is 9.88 Å². The topological polar surface area (TPSA) is 116 Å².